The molecule has 1 atom stereocenters. The lowest BCUT2D eigenvalue weighted by atomic mass is 10.1. The normalized spacial score (nSPS) is 15.9. The summed E-state index contributed by atoms with van der Waals surface area (Å²) < 4.78 is 11.4. The third-order valence-corrected chi connectivity index (χ3v) is 4.07. The smallest absolute Gasteiger partial charge is 0.268 e. The van der Waals surface area contributed by atoms with Crippen LogP contribution >= 0.6 is 0 Å². The molecule has 0 saturated heterocycles. The van der Waals surface area contributed by atoms with Crippen molar-refractivity contribution in [3.63, 3.8) is 0 Å². The zero-order valence-corrected chi connectivity index (χ0v) is 13.9. The van der Waals surface area contributed by atoms with Crippen LogP contribution in [0.5, 0.6) is 11.5 Å². The minimum Gasteiger partial charge on any atom is -0.486 e. The Labute approximate surface area is 140 Å². The van der Waals surface area contributed by atoms with Gasteiger partial charge in [-0.05, 0) is 38.5 Å². The molecule has 1 aliphatic heterocycles. The summed E-state index contributed by atoms with van der Waals surface area (Å²) in [6.07, 6.45) is -0.257. The molecule has 24 heavy (non-hydrogen) atoms. The van der Waals surface area contributed by atoms with Gasteiger partial charge < -0.3 is 19.8 Å². The van der Waals surface area contributed by atoms with Crippen LogP contribution in [0, 0.1) is 13.8 Å². The van der Waals surface area contributed by atoms with Crippen molar-refractivity contribution in [2.45, 2.75) is 26.9 Å². The second kappa shape index (κ2) is 6.39. The number of Topliss-reactive ketones (excluding diaryl/α,β-unsaturated/α-hetero) is 1. The highest BCUT2D eigenvalue weighted by atomic mass is 16.6. The Morgan fingerprint density at radius 3 is 2.62 bits per heavy atom. The molecule has 0 radical (unpaired) electrons. The number of H-pyrrole nitrogens is 1. The van der Waals surface area contributed by atoms with Crippen molar-refractivity contribution in [1.29, 1.82) is 0 Å². The fourth-order valence-corrected chi connectivity index (χ4v) is 2.96. The molecule has 0 bridgehead atoms. The average Bonchev–Trinajstić information content (AvgIpc) is 2.87. The Morgan fingerprint density at radius 2 is 1.96 bits per heavy atom. The number of aromatic amines is 1. The van der Waals surface area contributed by atoms with Gasteiger partial charge in [-0.25, -0.2) is 0 Å². The second-order valence-corrected chi connectivity index (χ2v) is 5.89. The molecular formula is C18H20N2O4. The number of fused-ring (bicyclic) bond motifs is 1. The van der Waals surface area contributed by atoms with Gasteiger partial charge in [0.2, 0.25) is 0 Å². The lowest BCUT2D eigenvalue weighted by Gasteiger charge is -2.26. The maximum atomic E-state index is 12.4. The first-order valence-corrected chi connectivity index (χ1v) is 7.84. The molecule has 3 rings (SSSR count). The molecule has 2 aromatic rings. The van der Waals surface area contributed by atoms with Crippen LogP contribution in [0.25, 0.3) is 0 Å². The molecular weight excluding hydrogens is 308 g/mol. The highest BCUT2D eigenvalue weighted by Crippen LogP contribution is 2.30. The minimum atomic E-state index is -0.259. The molecule has 1 unspecified atom stereocenters. The molecule has 0 aliphatic carbocycles. The van der Waals surface area contributed by atoms with E-state index < -0.39 is 0 Å². The molecule has 0 spiro atoms. The zero-order valence-electron chi connectivity index (χ0n) is 13.9. The number of rotatable bonds is 4. The quantitative estimate of drug-likeness (QED) is 0.845. The summed E-state index contributed by atoms with van der Waals surface area (Å²) in [6.45, 7) is 5.75. The molecule has 0 fully saturated rings. The fraction of sp³-hybridized carbons (Fsp3) is 0.333. The Balaban J connectivity index is 1.65. The predicted octanol–water partition coefficient (Wildman–Crippen LogP) is 2.40. The van der Waals surface area contributed by atoms with E-state index in [9.17, 15) is 9.59 Å². The number of amides is 1. The Kier molecular flexibility index (Phi) is 4.29. The van der Waals surface area contributed by atoms with E-state index in [1.165, 1.54) is 6.92 Å². The maximum absolute atomic E-state index is 12.4. The SMILES string of the molecule is CC(=O)c1c(C)[nH]c(C(=O)NCC2COc3ccccc3O2)c1C. The summed E-state index contributed by atoms with van der Waals surface area (Å²) in [5.41, 5.74) is 2.36. The third-order valence-electron chi connectivity index (χ3n) is 4.07. The van der Waals surface area contributed by atoms with Crippen LogP contribution in [-0.4, -0.2) is 35.9 Å². The number of carbonyl (C=O) groups is 2. The highest BCUT2D eigenvalue weighted by Gasteiger charge is 2.23. The number of benzene rings is 1. The van der Waals surface area contributed by atoms with Crippen molar-refractivity contribution in [1.82, 2.24) is 10.3 Å². The lowest BCUT2D eigenvalue weighted by molar-refractivity contribution is 0.0786. The first kappa shape index (κ1) is 16.1. The number of hydrogen-bond acceptors (Lipinski definition) is 4. The topological polar surface area (TPSA) is 80.4 Å². The van der Waals surface area contributed by atoms with Crippen LogP contribution in [0.2, 0.25) is 0 Å². The fourth-order valence-electron chi connectivity index (χ4n) is 2.96. The van der Waals surface area contributed by atoms with Crippen molar-refractivity contribution >= 4 is 11.7 Å². The van der Waals surface area contributed by atoms with Gasteiger partial charge in [-0.1, -0.05) is 12.1 Å². The van der Waals surface area contributed by atoms with Crippen LogP contribution in [-0.2, 0) is 0 Å². The monoisotopic (exact) mass is 328 g/mol. The number of aromatic nitrogens is 1. The van der Waals surface area contributed by atoms with Gasteiger partial charge in [0.05, 0.1) is 6.54 Å². The number of carbonyl (C=O) groups excluding carboxylic acids is 2. The summed E-state index contributed by atoms with van der Waals surface area (Å²) in [5.74, 6) is 1.07. The van der Waals surface area contributed by atoms with E-state index >= 15 is 0 Å². The predicted molar refractivity (Wildman–Crippen MR) is 89.0 cm³/mol. The van der Waals surface area contributed by atoms with Gasteiger partial charge in [0, 0.05) is 11.3 Å². The van der Waals surface area contributed by atoms with Crippen LogP contribution in [0.15, 0.2) is 24.3 Å². The van der Waals surface area contributed by atoms with Gasteiger partial charge >= 0.3 is 0 Å². The van der Waals surface area contributed by atoms with Crippen LogP contribution in [0.4, 0.5) is 0 Å². The largest absolute Gasteiger partial charge is 0.486 e. The number of nitrogens with one attached hydrogen (secondary N) is 2. The van der Waals surface area contributed by atoms with Crippen molar-refractivity contribution in [3.8, 4) is 11.5 Å². The molecule has 1 aliphatic rings. The molecule has 6 nitrogen and oxygen atoms in total. The minimum absolute atomic E-state index is 0.0547. The highest BCUT2D eigenvalue weighted by molar-refractivity contribution is 6.02. The maximum Gasteiger partial charge on any atom is 0.268 e. The van der Waals surface area contributed by atoms with E-state index in [-0.39, 0.29) is 17.8 Å². The first-order valence-electron chi connectivity index (χ1n) is 7.84. The lowest BCUT2D eigenvalue weighted by Crippen LogP contribution is -2.41. The molecule has 126 valence electrons. The summed E-state index contributed by atoms with van der Waals surface area (Å²) >= 11 is 0. The molecule has 2 N–H and O–H groups in total. The molecule has 0 saturated carbocycles. The van der Waals surface area contributed by atoms with Gasteiger partial charge in [0.1, 0.15) is 18.4 Å². The zero-order chi connectivity index (χ0) is 17.3. The van der Waals surface area contributed by atoms with Crippen LogP contribution in [0.3, 0.4) is 0 Å². The summed E-state index contributed by atoms with van der Waals surface area (Å²) in [7, 11) is 0. The Morgan fingerprint density at radius 1 is 1.25 bits per heavy atom. The first-order chi connectivity index (χ1) is 11.5. The summed E-state index contributed by atoms with van der Waals surface area (Å²) in [6, 6.07) is 7.43. The van der Waals surface area contributed by atoms with Crippen molar-refractivity contribution in [3.05, 3.63) is 46.8 Å². The Hall–Kier alpha value is -2.76. The third kappa shape index (κ3) is 2.99. The Bertz CT molecular complexity index is 794. The number of ketones is 1. The number of aryl methyl sites for hydroxylation is 1. The van der Waals surface area contributed by atoms with Gasteiger partial charge in [0.15, 0.2) is 17.3 Å². The molecule has 1 aromatic carbocycles. The molecule has 1 aromatic heterocycles. The van der Waals surface area contributed by atoms with Crippen molar-refractivity contribution in [2.24, 2.45) is 0 Å². The van der Waals surface area contributed by atoms with Gasteiger partial charge in [0.25, 0.3) is 5.91 Å². The van der Waals surface area contributed by atoms with Gasteiger partial charge in [-0.2, -0.15) is 0 Å². The molecule has 2 heterocycles. The van der Waals surface area contributed by atoms with Crippen molar-refractivity contribution < 1.29 is 19.1 Å². The van der Waals surface area contributed by atoms with E-state index in [1.807, 2.05) is 24.3 Å². The van der Waals surface area contributed by atoms with E-state index in [2.05, 4.69) is 10.3 Å². The summed E-state index contributed by atoms with van der Waals surface area (Å²) in [5, 5.41) is 2.83. The van der Waals surface area contributed by atoms with E-state index in [0.717, 1.165) is 0 Å². The molecule has 6 heteroatoms. The second-order valence-electron chi connectivity index (χ2n) is 5.89. The number of hydrogen-bond donors (Lipinski definition) is 2. The van der Waals surface area contributed by atoms with Gasteiger partial charge in [-0.15, -0.1) is 0 Å². The van der Waals surface area contributed by atoms with Crippen molar-refractivity contribution in [2.75, 3.05) is 13.2 Å². The van der Waals surface area contributed by atoms with Gasteiger partial charge in [-0.3, -0.25) is 9.59 Å². The van der Waals surface area contributed by atoms with Crippen LogP contribution < -0.4 is 14.8 Å². The standard InChI is InChI=1S/C18H20N2O4/c1-10-16(12(3)21)11(2)20-17(10)18(22)19-8-13-9-23-14-6-4-5-7-15(14)24-13/h4-7,13,20H,8-9H2,1-3H3,(H,19,22). The van der Waals surface area contributed by atoms with Crippen LogP contribution in [0.1, 0.15) is 39.0 Å². The van der Waals surface area contributed by atoms with E-state index in [4.69, 9.17) is 9.47 Å². The van der Waals surface area contributed by atoms with E-state index in [0.29, 0.717) is 47.2 Å². The number of ether oxygens (including phenoxy) is 2. The summed E-state index contributed by atoms with van der Waals surface area (Å²) in [4.78, 5) is 27.0. The molecule has 1 amide bonds. The average molecular weight is 328 g/mol. The van der Waals surface area contributed by atoms with E-state index in [1.54, 1.807) is 13.8 Å². The number of para-hydroxylation sites is 2.